The van der Waals surface area contributed by atoms with Gasteiger partial charge in [0.2, 0.25) is 5.91 Å². The molecule has 1 saturated heterocycles. The van der Waals surface area contributed by atoms with Gasteiger partial charge in [0.15, 0.2) is 0 Å². The molecule has 1 aromatic heterocycles. The number of aromatic nitrogens is 1. The average Bonchev–Trinajstić information content (AvgIpc) is 3.48. The maximum atomic E-state index is 12.9. The van der Waals surface area contributed by atoms with E-state index in [1.165, 1.54) is 18.2 Å². The number of nitrogens with one attached hydrogen (secondary N) is 2. The Hall–Kier alpha value is -3.97. The summed E-state index contributed by atoms with van der Waals surface area (Å²) in [5, 5.41) is 16.6. The van der Waals surface area contributed by atoms with E-state index in [4.69, 9.17) is 0 Å². The second-order valence-electron chi connectivity index (χ2n) is 11.6. The molecule has 13 heteroatoms. The van der Waals surface area contributed by atoms with Crippen LogP contribution in [0.15, 0.2) is 66.9 Å². The van der Waals surface area contributed by atoms with Crippen LogP contribution in [-0.2, 0) is 22.7 Å². The second kappa shape index (κ2) is 12.8. The third-order valence-electron chi connectivity index (χ3n) is 8.53. The number of carbonyl (C=O) groups is 2. The van der Waals surface area contributed by atoms with Crippen LogP contribution in [0.1, 0.15) is 59.3 Å². The molecule has 1 aliphatic heterocycles. The minimum atomic E-state index is -4.58. The van der Waals surface area contributed by atoms with Crippen LogP contribution in [0.4, 0.5) is 26.3 Å². The number of alkyl halides is 6. The predicted octanol–water partition coefficient (Wildman–Crippen LogP) is 5.54. The average molecular weight is 635 g/mol. The third kappa shape index (κ3) is 7.82. The minimum Gasteiger partial charge on any atom is -0.384 e. The maximum Gasteiger partial charge on any atom is 0.416 e. The molecule has 1 atom stereocenters. The summed E-state index contributed by atoms with van der Waals surface area (Å²) in [6.45, 7) is 0.966. The first kappa shape index (κ1) is 32.4. The number of amides is 2. The lowest BCUT2D eigenvalue weighted by Crippen LogP contribution is -2.45. The van der Waals surface area contributed by atoms with Gasteiger partial charge in [-0.3, -0.25) is 19.5 Å². The van der Waals surface area contributed by atoms with Gasteiger partial charge >= 0.3 is 12.4 Å². The maximum absolute atomic E-state index is 12.9. The number of halogens is 6. The van der Waals surface area contributed by atoms with E-state index in [2.05, 4.69) is 20.5 Å². The number of pyridine rings is 1. The van der Waals surface area contributed by atoms with E-state index in [1.807, 2.05) is 0 Å². The van der Waals surface area contributed by atoms with E-state index in [1.54, 1.807) is 18.3 Å². The smallest absolute Gasteiger partial charge is 0.384 e. The molecule has 2 heterocycles. The molecule has 0 radical (unpaired) electrons. The molecule has 2 amide bonds. The Morgan fingerprint density at radius 2 is 1.56 bits per heavy atom. The van der Waals surface area contributed by atoms with Crippen LogP contribution < -0.4 is 10.6 Å². The number of carbonyl (C=O) groups excluding carboxylic acids is 2. The zero-order valence-corrected chi connectivity index (χ0v) is 24.1. The van der Waals surface area contributed by atoms with Crippen molar-refractivity contribution in [3.05, 3.63) is 89.2 Å². The van der Waals surface area contributed by atoms with Crippen molar-refractivity contribution < 1.29 is 41.0 Å². The van der Waals surface area contributed by atoms with Crippen molar-refractivity contribution in [2.45, 2.75) is 62.1 Å². The van der Waals surface area contributed by atoms with Crippen LogP contribution in [0.3, 0.4) is 0 Å². The molecule has 0 bridgehead atoms. The van der Waals surface area contributed by atoms with Crippen molar-refractivity contribution >= 4 is 11.8 Å². The Kier molecular flexibility index (Phi) is 9.22. The van der Waals surface area contributed by atoms with Gasteiger partial charge in [-0.25, -0.2) is 0 Å². The van der Waals surface area contributed by atoms with E-state index in [-0.39, 0.29) is 24.2 Å². The number of hydrogen-bond donors (Lipinski definition) is 3. The van der Waals surface area contributed by atoms with Crippen LogP contribution in [0, 0.1) is 0 Å². The standard InChI is InChI=1S/C32H32F6N4O3/c33-31(34,35)23-7-4-20(5-8-23)22-6-9-27(39-17-22)30(45)13-10-26(11-14-30)42-15-12-25(19-42)41-28(43)18-40-29(44)21-2-1-3-24(16-21)32(36,37)38/h1-9,16-17,25-26,45H,10-15,18-19H2,(H,40,44)(H,41,43). The van der Waals surface area contributed by atoms with E-state index in [9.17, 15) is 41.0 Å². The topological polar surface area (TPSA) is 94.6 Å². The SMILES string of the molecule is O=C(CNC(=O)c1cccc(C(F)(F)F)c1)NC1CCN(C2CCC(O)(c3ccc(-c4ccc(C(F)(F)F)cc4)cn3)CC2)C1. The van der Waals surface area contributed by atoms with E-state index in [0.717, 1.165) is 36.9 Å². The normalized spacial score (nSPS) is 22.6. The Balaban J connectivity index is 1.07. The van der Waals surface area contributed by atoms with E-state index >= 15 is 0 Å². The van der Waals surface area contributed by atoms with Crippen LogP contribution in [0.25, 0.3) is 11.1 Å². The van der Waals surface area contributed by atoms with Crippen molar-refractivity contribution in [1.82, 2.24) is 20.5 Å². The first-order chi connectivity index (χ1) is 21.2. The molecule has 1 aliphatic carbocycles. The van der Waals surface area contributed by atoms with Crippen molar-refractivity contribution in [1.29, 1.82) is 0 Å². The number of likely N-dealkylation sites (tertiary alicyclic amines) is 1. The summed E-state index contributed by atoms with van der Waals surface area (Å²) in [5.74, 6) is -1.21. The highest BCUT2D eigenvalue weighted by Gasteiger charge is 2.39. The molecule has 45 heavy (non-hydrogen) atoms. The van der Waals surface area contributed by atoms with Gasteiger partial charge in [0.05, 0.1) is 23.4 Å². The monoisotopic (exact) mass is 634 g/mol. The van der Waals surface area contributed by atoms with Gasteiger partial charge < -0.3 is 15.7 Å². The number of benzene rings is 2. The summed E-state index contributed by atoms with van der Waals surface area (Å²) in [7, 11) is 0. The second-order valence-corrected chi connectivity index (χ2v) is 11.6. The summed E-state index contributed by atoms with van der Waals surface area (Å²) in [6.07, 6.45) is -4.40. The first-order valence-electron chi connectivity index (χ1n) is 14.6. The molecule has 3 N–H and O–H groups in total. The van der Waals surface area contributed by atoms with Gasteiger partial charge in [-0.05, 0) is 74.1 Å². The predicted molar refractivity (Wildman–Crippen MR) is 153 cm³/mol. The molecule has 5 rings (SSSR count). The zero-order valence-electron chi connectivity index (χ0n) is 24.1. The van der Waals surface area contributed by atoms with Crippen molar-refractivity contribution in [3.8, 4) is 11.1 Å². The fraction of sp³-hybridized carbons (Fsp3) is 0.406. The molecular formula is C32H32F6N4O3. The fourth-order valence-corrected chi connectivity index (χ4v) is 6.01. The summed E-state index contributed by atoms with van der Waals surface area (Å²) in [4.78, 5) is 31.4. The molecule has 3 aromatic rings. The Labute approximate surface area is 255 Å². The Bertz CT molecular complexity index is 1500. The summed E-state index contributed by atoms with van der Waals surface area (Å²) in [5.41, 5.74) is -1.24. The zero-order chi connectivity index (χ0) is 32.4. The number of rotatable bonds is 7. The highest BCUT2D eigenvalue weighted by molar-refractivity contribution is 5.96. The highest BCUT2D eigenvalue weighted by atomic mass is 19.4. The van der Waals surface area contributed by atoms with Crippen molar-refractivity contribution in [2.75, 3.05) is 19.6 Å². The van der Waals surface area contributed by atoms with Crippen LogP contribution >= 0.6 is 0 Å². The highest BCUT2D eigenvalue weighted by Crippen LogP contribution is 2.39. The third-order valence-corrected chi connectivity index (χ3v) is 8.53. The summed E-state index contributed by atoms with van der Waals surface area (Å²) < 4.78 is 77.3. The molecule has 1 saturated carbocycles. The molecule has 0 spiro atoms. The summed E-state index contributed by atoms with van der Waals surface area (Å²) in [6, 6.07) is 12.3. The lowest BCUT2D eigenvalue weighted by Gasteiger charge is -2.39. The molecule has 2 fully saturated rings. The quantitative estimate of drug-likeness (QED) is 0.297. The largest absolute Gasteiger partial charge is 0.416 e. The van der Waals surface area contributed by atoms with Crippen LogP contribution in [-0.4, -0.2) is 58.5 Å². The molecule has 2 aliphatic rings. The molecular weight excluding hydrogens is 602 g/mol. The number of aliphatic hydroxyl groups is 1. The van der Waals surface area contributed by atoms with Gasteiger partial charge in [-0.1, -0.05) is 24.3 Å². The first-order valence-corrected chi connectivity index (χ1v) is 14.6. The fourth-order valence-electron chi connectivity index (χ4n) is 6.01. The minimum absolute atomic E-state index is 0.150. The number of nitrogens with zero attached hydrogens (tertiary/aromatic N) is 2. The van der Waals surface area contributed by atoms with Gasteiger partial charge in [0, 0.05) is 42.5 Å². The van der Waals surface area contributed by atoms with Gasteiger partial charge in [0.25, 0.3) is 5.91 Å². The Morgan fingerprint density at radius 1 is 0.889 bits per heavy atom. The van der Waals surface area contributed by atoms with Gasteiger partial charge in [-0.2, -0.15) is 26.3 Å². The Morgan fingerprint density at radius 3 is 2.18 bits per heavy atom. The lowest BCUT2D eigenvalue weighted by molar-refractivity contribution is -0.138. The van der Waals surface area contributed by atoms with Gasteiger partial charge in [-0.15, -0.1) is 0 Å². The number of hydrogen-bond acceptors (Lipinski definition) is 5. The van der Waals surface area contributed by atoms with Crippen molar-refractivity contribution in [3.63, 3.8) is 0 Å². The molecule has 240 valence electrons. The lowest BCUT2D eigenvalue weighted by atomic mass is 9.79. The van der Waals surface area contributed by atoms with Gasteiger partial charge in [0.1, 0.15) is 5.60 Å². The molecule has 7 nitrogen and oxygen atoms in total. The molecule has 1 unspecified atom stereocenters. The molecule has 2 aromatic carbocycles. The van der Waals surface area contributed by atoms with E-state index in [0.29, 0.717) is 55.5 Å². The van der Waals surface area contributed by atoms with Crippen LogP contribution in [0.2, 0.25) is 0 Å². The summed E-state index contributed by atoms with van der Waals surface area (Å²) >= 11 is 0. The van der Waals surface area contributed by atoms with E-state index < -0.39 is 40.9 Å². The van der Waals surface area contributed by atoms with Crippen LogP contribution in [0.5, 0.6) is 0 Å². The van der Waals surface area contributed by atoms with Crippen molar-refractivity contribution in [2.24, 2.45) is 0 Å².